The van der Waals surface area contributed by atoms with E-state index in [1.165, 1.54) is 0 Å². The molecule has 0 saturated carbocycles. The van der Waals surface area contributed by atoms with Crippen molar-refractivity contribution < 1.29 is 4.79 Å². The third-order valence-corrected chi connectivity index (χ3v) is 4.24. The Hall–Kier alpha value is -1.47. The van der Waals surface area contributed by atoms with E-state index in [1.54, 1.807) is 0 Å². The lowest BCUT2D eigenvalue weighted by Crippen LogP contribution is -2.45. The van der Waals surface area contributed by atoms with Gasteiger partial charge in [-0.3, -0.25) is 9.69 Å². The number of rotatable bonds is 3. The molecule has 0 aromatic carbocycles. The van der Waals surface area contributed by atoms with Crippen molar-refractivity contribution in [2.75, 3.05) is 46.3 Å². The lowest BCUT2D eigenvalue weighted by molar-refractivity contribution is 0.0703. The van der Waals surface area contributed by atoms with Gasteiger partial charge in [0.25, 0.3) is 5.91 Å². The highest BCUT2D eigenvalue weighted by Gasteiger charge is 2.28. The largest absolute Gasteiger partial charge is 0.334 e. The monoisotopic (exact) mass is 278 g/mol. The quantitative estimate of drug-likeness (QED) is 0.746. The smallest absolute Gasteiger partial charge is 0.291 e. The van der Waals surface area contributed by atoms with Crippen molar-refractivity contribution in [2.45, 2.75) is 20.0 Å². The molecule has 0 bridgehead atoms. The molecule has 3 heterocycles. The molecule has 2 aliphatic heterocycles. The number of hydrogen-bond acceptors (Lipinski definition) is 5. The highest BCUT2D eigenvalue weighted by molar-refractivity contribution is 5.91. The Balaban J connectivity index is 1.72. The molecule has 0 spiro atoms. The van der Waals surface area contributed by atoms with Crippen LogP contribution in [-0.2, 0) is 13.1 Å². The Bertz CT molecular complexity index is 491. The molecule has 0 N–H and O–H groups in total. The predicted molar refractivity (Wildman–Crippen MR) is 74.4 cm³/mol. The summed E-state index contributed by atoms with van der Waals surface area (Å²) in [6, 6.07) is 0. The molecule has 0 unspecified atom stereocenters. The van der Waals surface area contributed by atoms with Crippen LogP contribution in [0.5, 0.6) is 0 Å². The summed E-state index contributed by atoms with van der Waals surface area (Å²) >= 11 is 0. The first-order valence-corrected chi connectivity index (χ1v) is 7.31. The van der Waals surface area contributed by atoms with Crippen LogP contribution in [0.25, 0.3) is 0 Å². The number of piperazine rings is 1. The van der Waals surface area contributed by atoms with E-state index in [1.807, 2.05) is 16.4 Å². The molecule has 1 aromatic rings. The molecule has 1 fully saturated rings. The van der Waals surface area contributed by atoms with Crippen LogP contribution in [0.2, 0.25) is 0 Å². The zero-order valence-electron chi connectivity index (χ0n) is 12.2. The standard InChI is InChI=1S/C13H22N6O/c1-3-18-8-9-19-11(14-15-12(19)13(18)20)10-17-6-4-16(2)5-7-17/h3-10H2,1-2H3. The van der Waals surface area contributed by atoms with Crippen molar-refractivity contribution in [2.24, 2.45) is 0 Å². The summed E-state index contributed by atoms with van der Waals surface area (Å²) in [5.41, 5.74) is 0. The highest BCUT2D eigenvalue weighted by Crippen LogP contribution is 2.14. The van der Waals surface area contributed by atoms with Crippen LogP contribution < -0.4 is 0 Å². The number of amides is 1. The minimum Gasteiger partial charge on any atom is -0.334 e. The maximum Gasteiger partial charge on any atom is 0.291 e. The predicted octanol–water partition coefficient (Wildman–Crippen LogP) is -0.499. The minimum atomic E-state index is 0.0101. The second-order valence-electron chi connectivity index (χ2n) is 5.56. The molecule has 110 valence electrons. The summed E-state index contributed by atoms with van der Waals surface area (Å²) in [4.78, 5) is 18.7. The molecule has 3 rings (SSSR count). The number of likely N-dealkylation sites (N-methyl/N-ethyl adjacent to an activating group) is 2. The van der Waals surface area contributed by atoms with Crippen molar-refractivity contribution in [1.29, 1.82) is 0 Å². The zero-order valence-corrected chi connectivity index (χ0v) is 12.2. The molecule has 2 aliphatic rings. The summed E-state index contributed by atoms with van der Waals surface area (Å²) in [5, 5.41) is 8.34. The van der Waals surface area contributed by atoms with Gasteiger partial charge in [-0.1, -0.05) is 0 Å². The first-order chi connectivity index (χ1) is 9.69. The number of carbonyl (C=O) groups excluding carboxylic acids is 1. The Kier molecular flexibility index (Phi) is 3.71. The molecule has 1 amide bonds. The summed E-state index contributed by atoms with van der Waals surface area (Å²) in [6.07, 6.45) is 0. The number of aromatic nitrogens is 3. The fourth-order valence-corrected chi connectivity index (χ4v) is 2.82. The molecule has 0 atom stereocenters. The topological polar surface area (TPSA) is 57.5 Å². The average Bonchev–Trinajstić information content (AvgIpc) is 2.86. The van der Waals surface area contributed by atoms with E-state index in [0.29, 0.717) is 5.82 Å². The van der Waals surface area contributed by atoms with Crippen LogP contribution in [-0.4, -0.2) is 81.7 Å². The van der Waals surface area contributed by atoms with Gasteiger partial charge in [0.05, 0.1) is 6.54 Å². The summed E-state index contributed by atoms with van der Waals surface area (Å²) in [6.45, 7) is 9.37. The van der Waals surface area contributed by atoms with Gasteiger partial charge in [0.1, 0.15) is 5.82 Å². The number of carbonyl (C=O) groups is 1. The molecule has 0 radical (unpaired) electrons. The summed E-state index contributed by atoms with van der Waals surface area (Å²) < 4.78 is 1.99. The minimum absolute atomic E-state index is 0.0101. The Morgan fingerprint density at radius 1 is 1.05 bits per heavy atom. The highest BCUT2D eigenvalue weighted by atomic mass is 16.2. The molecular weight excluding hydrogens is 256 g/mol. The fourth-order valence-electron chi connectivity index (χ4n) is 2.82. The maximum absolute atomic E-state index is 12.2. The zero-order chi connectivity index (χ0) is 14.1. The van der Waals surface area contributed by atoms with Gasteiger partial charge in [-0.15, -0.1) is 10.2 Å². The van der Waals surface area contributed by atoms with Crippen LogP contribution >= 0.6 is 0 Å². The number of hydrogen-bond donors (Lipinski definition) is 0. The molecule has 1 aromatic heterocycles. The van der Waals surface area contributed by atoms with Crippen LogP contribution in [0.1, 0.15) is 23.4 Å². The molecule has 7 heteroatoms. The average molecular weight is 278 g/mol. The lowest BCUT2D eigenvalue weighted by Gasteiger charge is -2.32. The summed E-state index contributed by atoms with van der Waals surface area (Å²) in [7, 11) is 2.15. The van der Waals surface area contributed by atoms with E-state index in [-0.39, 0.29) is 5.91 Å². The van der Waals surface area contributed by atoms with E-state index >= 15 is 0 Å². The van der Waals surface area contributed by atoms with Gasteiger partial charge >= 0.3 is 0 Å². The molecule has 7 nitrogen and oxygen atoms in total. The van der Waals surface area contributed by atoms with Gasteiger partial charge in [0, 0.05) is 45.8 Å². The van der Waals surface area contributed by atoms with Crippen LogP contribution in [0.4, 0.5) is 0 Å². The van der Waals surface area contributed by atoms with E-state index in [4.69, 9.17) is 0 Å². The fraction of sp³-hybridized carbons (Fsp3) is 0.769. The lowest BCUT2D eigenvalue weighted by atomic mass is 10.3. The second-order valence-corrected chi connectivity index (χ2v) is 5.56. The van der Waals surface area contributed by atoms with Gasteiger partial charge in [0.2, 0.25) is 5.82 Å². The van der Waals surface area contributed by atoms with Gasteiger partial charge in [-0.2, -0.15) is 0 Å². The van der Waals surface area contributed by atoms with Crippen LogP contribution in [0.3, 0.4) is 0 Å². The maximum atomic E-state index is 12.2. The first kappa shape index (κ1) is 13.5. The van der Waals surface area contributed by atoms with E-state index < -0.39 is 0 Å². The number of fused-ring (bicyclic) bond motifs is 1. The van der Waals surface area contributed by atoms with E-state index in [9.17, 15) is 4.79 Å². The molecular formula is C13H22N6O. The molecule has 0 aliphatic carbocycles. The van der Waals surface area contributed by atoms with Crippen LogP contribution in [0, 0.1) is 0 Å². The molecule has 1 saturated heterocycles. The van der Waals surface area contributed by atoms with Crippen molar-refractivity contribution in [3.63, 3.8) is 0 Å². The van der Waals surface area contributed by atoms with Gasteiger partial charge in [0.15, 0.2) is 0 Å². The van der Waals surface area contributed by atoms with Crippen LogP contribution in [0.15, 0.2) is 0 Å². The van der Waals surface area contributed by atoms with Crippen molar-refractivity contribution in [1.82, 2.24) is 29.5 Å². The number of nitrogens with zero attached hydrogens (tertiary/aromatic N) is 6. The third kappa shape index (κ3) is 2.43. The van der Waals surface area contributed by atoms with Gasteiger partial charge in [-0.25, -0.2) is 0 Å². The Labute approximate surface area is 119 Å². The van der Waals surface area contributed by atoms with Crippen molar-refractivity contribution in [3.05, 3.63) is 11.6 Å². The SMILES string of the molecule is CCN1CCn2c(CN3CCN(C)CC3)nnc2C1=O. The first-order valence-electron chi connectivity index (χ1n) is 7.31. The third-order valence-electron chi connectivity index (χ3n) is 4.24. The van der Waals surface area contributed by atoms with E-state index in [0.717, 1.165) is 58.2 Å². The normalized spacial score (nSPS) is 21.3. The van der Waals surface area contributed by atoms with Crippen molar-refractivity contribution in [3.8, 4) is 0 Å². The van der Waals surface area contributed by atoms with E-state index in [2.05, 4.69) is 27.0 Å². The Morgan fingerprint density at radius 2 is 1.80 bits per heavy atom. The van der Waals surface area contributed by atoms with Gasteiger partial charge < -0.3 is 14.4 Å². The van der Waals surface area contributed by atoms with Gasteiger partial charge in [-0.05, 0) is 14.0 Å². The Morgan fingerprint density at radius 3 is 2.50 bits per heavy atom. The second kappa shape index (κ2) is 5.49. The summed E-state index contributed by atoms with van der Waals surface area (Å²) in [5.74, 6) is 1.44. The molecule has 20 heavy (non-hydrogen) atoms. The van der Waals surface area contributed by atoms with Crippen molar-refractivity contribution >= 4 is 5.91 Å².